The van der Waals surface area contributed by atoms with Gasteiger partial charge in [-0.2, -0.15) is 0 Å². The molecule has 5 heterocycles. The summed E-state index contributed by atoms with van der Waals surface area (Å²) in [5.41, 5.74) is 7.64. The van der Waals surface area contributed by atoms with Gasteiger partial charge in [-0.25, -0.2) is 19.6 Å². The van der Waals surface area contributed by atoms with E-state index in [0.29, 0.717) is 51.2 Å². The highest BCUT2D eigenvalue weighted by atomic mass is 16.6. The van der Waals surface area contributed by atoms with Crippen LogP contribution in [0.5, 0.6) is 0 Å². The van der Waals surface area contributed by atoms with Crippen molar-refractivity contribution < 1.29 is 47.6 Å². The largest absolute Gasteiger partial charge is 0.453 e. The van der Waals surface area contributed by atoms with Crippen molar-refractivity contribution >= 4 is 29.7 Å². The summed E-state index contributed by atoms with van der Waals surface area (Å²) in [5, 5.41) is 5.47. The number of amides is 4. The molecule has 3 fully saturated rings. The molecule has 19 heteroatoms. The monoisotopic (exact) mass is 1090 g/mol. The summed E-state index contributed by atoms with van der Waals surface area (Å²) >= 11 is 0. The molecule has 3 aromatic carbocycles. The number of ether oxygens (including phenoxy) is 6. The third-order valence-electron chi connectivity index (χ3n) is 15.6. The number of carbonyl (C=O) groups excluding carboxylic acids is 4. The molecule has 0 unspecified atom stereocenters. The fourth-order valence-corrected chi connectivity index (χ4v) is 11.3. The minimum absolute atomic E-state index is 0.0712. The number of carbonyl (C=O) groups is 4. The molecule has 0 radical (unpaired) electrons. The fourth-order valence-electron chi connectivity index (χ4n) is 11.3. The van der Waals surface area contributed by atoms with Crippen LogP contribution in [0.4, 0.5) is 15.3 Å². The zero-order valence-electron chi connectivity index (χ0n) is 47.7. The summed E-state index contributed by atoms with van der Waals surface area (Å²) in [6.07, 6.45) is 4.51. The molecule has 3 aliphatic heterocycles. The molecule has 4 N–H and O–H groups in total. The van der Waals surface area contributed by atoms with Crippen LogP contribution in [-0.4, -0.2) is 146 Å². The van der Waals surface area contributed by atoms with E-state index < -0.39 is 36.5 Å². The lowest BCUT2D eigenvalue weighted by molar-refractivity contribution is -0.136. The van der Waals surface area contributed by atoms with Gasteiger partial charge in [0.1, 0.15) is 35.9 Å². The maximum Gasteiger partial charge on any atom is 0.407 e. The maximum atomic E-state index is 13.9. The minimum Gasteiger partial charge on any atom is -0.453 e. The average molecular weight is 1090 g/mol. The first-order valence-electron chi connectivity index (χ1n) is 27.7. The van der Waals surface area contributed by atoms with Gasteiger partial charge in [-0.15, -0.1) is 0 Å². The van der Waals surface area contributed by atoms with E-state index >= 15 is 0 Å². The van der Waals surface area contributed by atoms with Crippen LogP contribution in [0.3, 0.4) is 0 Å². The van der Waals surface area contributed by atoms with Crippen LogP contribution >= 0.6 is 0 Å². The Morgan fingerprint density at radius 1 is 0.595 bits per heavy atom. The first-order valence-corrected chi connectivity index (χ1v) is 27.7. The van der Waals surface area contributed by atoms with Crippen LogP contribution in [0.15, 0.2) is 85.2 Å². The van der Waals surface area contributed by atoms with E-state index in [2.05, 4.69) is 119 Å². The number of alkyl carbamates (subject to hydrolysis) is 2. The first-order chi connectivity index (χ1) is 38.0. The predicted octanol–water partition coefficient (Wildman–Crippen LogP) is 9.22. The van der Waals surface area contributed by atoms with Crippen molar-refractivity contribution in [1.82, 2.24) is 40.4 Å². The van der Waals surface area contributed by atoms with Gasteiger partial charge in [0.2, 0.25) is 11.8 Å². The predicted molar refractivity (Wildman–Crippen MR) is 300 cm³/mol. The van der Waals surface area contributed by atoms with E-state index in [1.807, 2.05) is 49.9 Å². The Hall–Kier alpha value is -6.80. The van der Waals surface area contributed by atoms with Crippen molar-refractivity contribution in [3.63, 3.8) is 0 Å². The van der Waals surface area contributed by atoms with Crippen molar-refractivity contribution in [2.75, 3.05) is 72.9 Å². The van der Waals surface area contributed by atoms with Crippen molar-refractivity contribution in [3.8, 4) is 22.5 Å². The van der Waals surface area contributed by atoms with Crippen LogP contribution in [0.1, 0.15) is 127 Å². The molecule has 3 aliphatic rings. The molecule has 0 saturated carbocycles. The van der Waals surface area contributed by atoms with Gasteiger partial charge in [0.25, 0.3) is 0 Å². The number of rotatable bonds is 21. The Kier molecular flexibility index (Phi) is 19.2. The molecule has 4 amide bonds. The van der Waals surface area contributed by atoms with Crippen molar-refractivity contribution in [2.24, 2.45) is 11.8 Å². The number of imidazole rings is 2. The number of methoxy groups -OCH3 is 4. The standard InChI is InChI=1S/C60H81N9O10/c1-36(2)48(65-58(72)76-10)56(70)67-28-12-14-46(67)54-61-34-44(63-54)38-16-20-40(21-17-38)50-52(78-32-30-74-8)53(79-33-31-75-9)51(69(50)43-26-24-42(25-27-43)60(5,6)7)41-22-18-39(19-23-41)45-35-62-55(64-45)47-15-13-29-68(47)57(71)49(37(3)4)66-59(73)77-11/h16-27,34-37,46-53H,12-15,28-33H2,1-11H3,(H,61,63)(H,62,64)(H,65,72)(H,66,73)/t46-,47-,48-,49-,50-,51-,52+,53+/m0/s1. The second-order valence-corrected chi connectivity index (χ2v) is 22.5. The quantitative estimate of drug-likeness (QED) is 0.0505. The Labute approximate surface area is 464 Å². The van der Waals surface area contributed by atoms with Crippen LogP contribution in [0.2, 0.25) is 0 Å². The minimum atomic E-state index is -0.734. The molecule has 5 aromatic rings. The van der Waals surface area contributed by atoms with Crippen molar-refractivity contribution in [1.29, 1.82) is 0 Å². The van der Waals surface area contributed by atoms with Crippen molar-refractivity contribution in [2.45, 2.75) is 128 Å². The molecular weight excluding hydrogens is 1010 g/mol. The van der Waals surface area contributed by atoms with Crippen LogP contribution in [0.25, 0.3) is 22.5 Å². The Morgan fingerprint density at radius 3 is 1.35 bits per heavy atom. The number of hydrogen-bond donors (Lipinski definition) is 4. The topological polar surface area (TPSA) is 215 Å². The molecule has 79 heavy (non-hydrogen) atoms. The second-order valence-electron chi connectivity index (χ2n) is 22.5. The van der Waals surface area contributed by atoms with Gasteiger partial charge in [0.15, 0.2) is 0 Å². The highest BCUT2D eigenvalue weighted by Gasteiger charge is 2.52. The van der Waals surface area contributed by atoms with Crippen LogP contribution in [-0.2, 0) is 43.4 Å². The Morgan fingerprint density at radius 2 is 1.00 bits per heavy atom. The molecule has 8 atom stereocenters. The van der Waals surface area contributed by atoms with Gasteiger partial charge < -0.3 is 63.7 Å². The van der Waals surface area contributed by atoms with Gasteiger partial charge in [0, 0.05) is 33.0 Å². The summed E-state index contributed by atoms with van der Waals surface area (Å²) in [6.45, 7) is 16.8. The number of benzene rings is 3. The number of likely N-dealkylation sites (tertiary alicyclic amines) is 2. The third-order valence-corrected chi connectivity index (χ3v) is 15.6. The summed E-state index contributed by atoms with van der Waals surface area (Å²) < 4.78 is 34.7. The van der Waals surface area contributed by atoms with E-state index in [1.165, 1.54) is 19.8 Å². The molecule has 0 aliphatic carbocycles. The summed E-state index contributed by atoms with van der Waals surface area (Å²) in [5.74, 6) is 0.757. The molecule has 0 bridgehead atoms. The van der Waals surface area contributed by atoms with E-state index in [1.54, 1.807) is 14.2 Å². The van der Waals surface area contributed by atoms with E-state index in [9.17, 15) is 19.2 Å². The lowest BCUT2D eigenvalue weighted by atomic mass is 9.87. The zero-order chi connectivity index (χ0) is 56.5. The van der Waals surface area contributed by atoms with Crippen LogP contribution < -0.4 is 15.5 Å². The lowest BCUT2D eigenvalue weighted by Gasteiger charge is -2.34. The van der Waals surface area contributed by atoms with E-state index in [-0.39, 0.29) is 53.2 Å². The number of nitrogens with one attached hydrogen (secondary N) is 4. The van der Waals surface area contributed by atoms with Crippen molar-refractivity contribution in [3.05, 3.63) is 114 Å². The van der Waals surface area contributed by atoms with Gasteiger partial charge in [0.05, 0.1) is 88.6 Å². The highest BCUT2D eigenvalue weighted by Crippen LogP contribution is 2.50. The Bertz CT molecular complexity index is 2650. The van der Waals surface area contributed by atoms with E-state index in [4.69, 9.17) is 38.4 Å². The van der Waals surface area contributed by atoms with Crippen LogP contribution in [0, 0.1) is 11.8 Å². The molecule has 426 valence electrons. The number of aromatic nitrogens is 4. The SMILES string of the molecule is COCCO[C@H]1[C@H](OCCOC)[C@H](c2ccc(-c3cnc([C@@H]4CCCN4C(=O)[C@@H](NC(=O)OC)C(C)C)[nH]3)cc2)N(c2ccc(C(C)(C)C)cc2)[C@H]1c1ccc(-c2cnc([C@@H]3CCCN3C(=O)[C@@H](NC(=O)OC)C(C)C)[nH]2)cc1. The summed E-state index contributed by atoms with van der Waals surface area (Å²) in [4.78, 5) is 75.1. The average Bonchev–Trinajstić information content (AvgIpc) is 4.47. The van der Waals surface area contributed by atoms with E-state index in [0.717, 1.165) is 65.0 Å². The van der Waals surface area contributed by atoms with Gasteiger partial charge in [-0.3, -0.25) is 9.59 Å². The molecule has 2 aromatic heterocycles. The lowest BCUT2D eigenvalue weighted by Crippen LogP contribution is -2.51. The number of aromatic amines is 2. The molecule has 8 rings (SSSR count). The summed E-state index contributed by atoms with van der Waals surface area (Å²) in [6, 6.07) is 23.1. The smallest absolute Gasteiger partial charge is 0.407 e. The second kappa shape index (κ2) is 26.0. The third kappa shape index (κ3) is 13.1. The van der Waals surface area contributed by atoms with Gasteiger partial charge >= 0.3 is 12.2 Å². The molecule has 0 spiro atoms. The number of H-pyrrole nitrogens is 2. The highest BCUT2D eigenvalue weighted by molar-refractivity contribution is 5.87. The number of nitrogens with zero attached hydrogens (tertiary/aromatic N) is 5. The number of hydrogen-bond acceptors (Lipinski definition) is 13. The zero-order valence-corrected chi connectivity index (χ0v) is 47.7. The molecule has 19 nitrogen and oxygen atoms in total. The summed E-state index contributed by atoms with van der Waals surface area (Å²) in [7, 11) is 5.92. The maximum absolute atomic E-state index is 13.9. The first kappa shape index (κ1) is 58.4. The Balaban J connectivity index is 1.13. The molecular formula is C60H81N9O10. The normalized spacial score (nSPS) is 21.2. The molecule has 3 saturated heterocycles. The fraction of sp³-hybridized carbons (Fsp3) is 0.533. The van der Waals surface area contributed by atoms with Gasteiger partial charge in [-0.1, -0.05) is 109 Å². The van der Waals surface area contributed by atoms with Gasteiger partial charge in [-0.05, 0) is 82.9 Å². The number of anilines is 1.